The van der Waals surface area contributed by atoms with Crippen molar-refractivity contribution < 1.29 is 14.3 Å². The molecule has 4 heteroatoms. The Bertz CT molecular complexity index is 392. The molecule has 0 heterocycles. The molecule has 4 nitrogen and oxygen atoms in total. The highest BCUT2D eigenvalue weighted by molar-refractivity contribution is 5.75. The zero-order valence-corrected chi connectivity index (χ0v) is 11.2. The molecule has 100 valence electrons. The summed E-state index contributed by atoms with van der Waals surface area (Å²) in [5, 5.41) is 0. The van der Waals surface area contributed by atoms with Crippen molar-refractivity contribution in [3.8, 4) is 5.75 Å². The minimum Gasteiger partial charge on any atom is -0.497 e. The van der Waals surface area contributed by atoms with Crippen LogP contribution in [0.3, 0.4) is 0 Å². The van der Waals surface area contributed by atoms with Gasteiger partial charge < -0.3 is 15.2 Å². The highest BCUT2D eigenvalue weighted by Gasteiger charge is 2.20. The number of hydrogen-bond acceptors (Lipinski definition) is 4. The van der Waals surface area contributed by atoms with Crippen molar-refractivity contribution in [1.82, 2.24) is 0 Å². The molecule has 0 aliphatic rings. The molecule has 1 aromatic carbocycles. The summed E-state index contributed by atoms with van der Waals surface area (Å²) < 4.78 is 10.3. The number of methoxy groups -OCH3 is 1. The largest absolute Gasteiger partial charge is 0.497 e. The van der Waals surface area contributed by atoms with Crippen LogP contribution in [0.4, 0.5) is 0 Å². The molecular weight excluding hydrogens is 230 g/mol. The van der Waals surface area contributed by atoms with Crippen LogP contribution in [-0.2, 0) is 16.1 Å². The summed E-state index contributed by atoms with van der Waals surface area (Å²) in [6.45, 7) is 4.16. The summed E-state index contributed by atoms with van der Waals surface area (Å²) in [7, 11) is 1.60. The van der Waals surface area contributed by atoms with E-state index in [4.69, 9.17) is 15.2 Å². The van der Waals surface area contributed by atoms with E-state index in [0.29, 0.717) is 0 Å². The number of ether oxygens (including phenoxy) is 2. The van der Waals surface area contributed by atoms with Crippen LogP contribution in [0.25, 0.3) is 0 Å². The lowest BCUT2D eigenvalue weighted by atomic mass is 10.0. The second kappa shape index (κ2) is 7.01. The lowest BCUT2D eigenvalue weighted by Gasteiger charge is -2.16. The molecule has 1 rings (SSSR count). The van der Waals surface area contributed by atoms with E-state index < -0.39 is 6.04 Å². The Kier molecular flexibility index (Phi) is 5.65. The van der Waals surface area contributed by atoms with Crippen molar-refractivity contribution in [2.45, 2.75) is 32.9 Å². The Morgan fingerprint density at radius 2 is 2.17 bits per heavy atom. The zero-order valence-electron chi connectivity index (χ0n) is 11.2. The maximum absolute atomic E-state index is 11.7. The predicted octanol–water partition coefficient (Wildman–Crippen LogP) is 2.11. The number of esters is 1. The highest BCUT2D eigenvalue weighted by Crippen LogP contribution is 2.14. The third kappa shape index (κ3) is 4.04. The minimum absolute atomic E-state index is 0.128. The molecule has 0 aliphatic carbocycles. The Hall–Kier alpha value is -1.55. The van der Waals surface area contributed by atoms with Crippen LogP contribution in [0, 0.1) is 5.92 Å². The molecular formula is C14H21NO3. The number of carbonyl (C=O) groups is 1. The first-order valence-electron chi connectivity index (χ1n) is 6.13. The van der Waals surface area contributed by atoms with Crippen molar-refractivity contribution in [3.05, 3.63) is 29.8 Å². The van der Waals surface area contributed by atoms with Gasteiger partial charge in [0, 0.05) is 0 Å². The zero-order chi connectivity index (χ0) is 13.5. The quantitative estimate of drug-likeness (QED) is 0.787. The third-order valence-electron chi connectivity index (χ3n) is 3.04. The van der Waals surface area contributed by atoms with E-state index in [0.717, 1.165) is 17.7 Å². The number of rotatable bonds is 6. The Morgan fingerprint density at radius 1 is 1.44 bits per heavy atom. The van der Waals surface area contributed by atoms with Gasteiger partial charge in [-0.2, -0.15) is 0 Å². The highest BCUT2D eigenvalue weighted by atomic mass is 16.5. The van der Waals surface area contributed by atoms with E-state index in [2.05, 4.69) is 0 Å². The average molecular weight is 251 g/mol. The lowest BCUT2D eigenvalue weighted by molar-refractivity contribution is -0.147. The molecule has 1 unspecified atom stereocenters. The van der Waals surface area contributed by atoms with Gasteiger partial charge in [0.15, 0.2) is 0 Å². The van der Waals surface area contributed by atoms with Crippen molar-refractivity contribution >= 4 is 5.97 Å². The standard InChI is InChI=1S/C14H21NO3/c1-4-10(2)13(15)14(16)18-9-11-6-5-7-12(8-11)17-3/h5-8,10,13H,4,9,15H2,1-3H3/t10?,13-/m0/s1. The van der Waals surface area contributed by atoms with Crippen molar-refractivity contribution in [1.29, 1.82) is 0 Å². The molecule has 0 amide bonds. The topological polar surface area (TPSA) is 61.6 Å². The summed E-state index contributed by atoms with van der Waals surface area (Å²) in [5.74, 6) is 0.518. The second-order valence-corrected chi connectivity index (χ2v) is 4.37. The van der Waals surface area contributed by atoms with Crippen LogP contribution >= 0.6 is 0 Å². The fourth-order valence-electron chi connectivity index (χ4n) is 1.50. The van der Waals surface area contributed by atoms with E-state index in [1.807, 2.05) is 38.1 Å². The van der Waals surface area contributed by atoms with Crippen LogP contribution < -0.4 is 10.5 Å². The first-order valence-corrected chi connectivity index (χ1v) is 6.13. The first kappa shape index (κ1) is 14.5. The summed E-state index contributed by atoms with van der Waals surface area (Å²) in [6, 6.07) is 6.86. The molecule has 0 saturated carbocycles. The van der Waals surface area contributed by atoms with E-state index in [1.165, 1.54) is 0 Å². The predicted molar refractivity (Wildman–Crippen MR) is 70.2 cm³/mol. The van der Waals surface area contributed by atoms with Crippen LogP contribution in [-0.4, -0.2) is 19.1 Å². The molecule has 2 atom stereocenters. The SMILES string of the molecule is CCC(C)[C@H](N)C(=O)OCc1cccc(OC)c1. The molecule has 2 N–H and O–H groups in total. The van der Waals surface area contributed by atoms with E-state index >= 15 is 0 Å². The van der Waals surface area contributed by atoms with Crippen molar-refractivity contribution in [2.24, 2.45) is 11.7 Å². The smallest absolute Gasteiger partial charge is 0.323 e. The maximum Gasteiger partial charge on any atom is 0.323 e. The van der Waals surface area contributed by atoms with Gasteiger partial charge in [-0.05, 0) is 23.6 Å². The molecule has 0 aromatic heterocycles. The Morgan fingerprint density at radius 3 is 2.78 bits per heavy atom. The Labute approximate surface area is 108 Å². The first-order chi connectivity index (χ1) is 8.58. The fraction of sp³-hybridized carbons (Fsp3) is 0.500. The summed E-state index contributed by atoms with van der Waals surface area (Å²) in [4.78, 5) is 11.7. The van der Waals surface area contributed by atoms with Gasteiger partial charge in [-0.3, -0.25) is 4.79 Å². The lowest BCUT2D eigenvalue weighted by Crippen LogP contribution is -2.37. The van der Waals surface area contributed by atoms with Crippen molar-refractivity contribution in [2.75, 3.05) is 7.11 Å². The van der Waals surface area contributed by atoms with Gasteiger partial charge in [0.1, 0.15) is 18.4 Å². The van der Waals surface area contributed by atoms with Gasteiger partial charge in [0.05, 0.1) is 7.11 Å². The van der Waals surface area contributed by atoms with Crippen LogP contribution in [0.1, 0.15) is 25.8 Å². The maximum atomic E-state index is 11.7. The molecule has 0 saturated heterocycles. The normalized spacial score (nSPS) is 13.8. The van der Waals surface area contributed by atoms with Gasteiger partial charge in [-0.1, -0.05) is 32.4 Å². The number of nitrogens with two attached hydrogens (primary N) is 1. The summed E-state index contributed by atoms with van der Waals surface area (Å²) in [5.41, 5.74) is 6.68. The van der Waals surface area contributed by atoms with Crippen molar-refractivity contribution in [3.63, 3.8) is 0 Å². The third-order valence-corrected chi connectivity index (χ3v) is 3.04. The number of benzene rings is 1. The monoisotopic (exact) mass is 251 g/mol. The van der Waals surface area contributed by atoms with E-state index in [-0.39, 0.29) is 18.5 Å². The molecule has 0 fully saturated rings. The van der Waals surface area contributed by atoms with E-state index in [9.17, 15) is 4.79 Å². The summed E-state index contributed by atoms with van der Waals surface area (Å²) >= 11 is 0. The minimum atomic E-state index is -0.555. The molecule has 1 aromatic rings. The van der Waals surface area contributed by atoms with Gasteiger partial charge >= 0.3 is 5.97 Å². The van der Waals surface area contributed by atoms with Gasteiger partial charge in [-0.25, -0.2) is 0 Å². The van der Waals surface area contributed by atoms with Crippen LogP contribution in [0.15, 0.2) is 24.3 Å². The fourth-order valence-corrected chi connectivity index (χ4v) is 1.50. The molecule has 0 bridgehead atoms. The second-order valence-electron chi connectivity index (χ2n) is 4.37. The molecule has 18 heavy (non-hydrogen) atoms. The van der Waals surface area contributed by atoms with E-state index in [1.54, 1.807) is 7.11 Å². The molecule has 0 aliphatic heterocycles. The van der Waals surface area contributed by atoms with Crippen LogP contribution in [0.5, 0.6) is 5.75 Å². The number of carbonyl (C=O) groups excluding carboxylic acids is 1. The van der Waals surface area contributed by atoms with Crippen LogP contribution in [0.2, 0.25) is 0 Å². The molecule has 0 spiro atoms. The number of hydrogen-bond donors (Lipinski definition) is 1. The molecule has 0 radical (unpaired) electrons. The van der Waals surface area contributed by atoms with Gasteiger partial charge in [-0.15, -0.1) is 0 Å². The Balaban J connectivity index is 2.51. The summed E-state index contributed by atoms with van der Waals surface area (Å²) in [6.07, 6.45) is 0.857. The van der Waals surface area contributed by atoms with Gasteiger partial charge in [0.25, 0.3) is 0 Å². The average Bonchev–Trinajstić information content (AvgIpc) is 2.43. The van der Waals surface area contributed by atoms with Gasteiger partial charge in [0.2, 0.25) is 0 Å².